The van der Waals surface area contributed by atoms with Gasteiger partial charge in [-0.25, -0.2) is 0 Å². The van der Waals surface area contributed by atoms with Gasteiger partial charge >= 0.3 is 0 Å². The second-order valence-corrected chi connectivity index (χ2v) is 5.20. The number of nitrogen functional groups attached to an aromatic ring is 1. The van der Waals surface area contributed by atoms with Gasteiger partial charge in [-0.2, -0.15) is 11.3 Å². The summed E-state index contributed by atoms with van der Waals surface area (Å²) in [5.41, 5.74) is 8.87. The van der Waals surface area contributed by atoms with Gasteiger partial charge in [0.15, 0.2) is 0 Å². The van der Waals surface area contributed by atoms with Crippen molar-refractivity contribution in [2.24, 2.45) is 0 Å². The summed E-state index contributed by atoms with van der Waals surface area (Å²) in [5, 5.41) is 4.15. The van der Waals surface area contributed by atoms with Gasteiger partial charge in [0.2, 0.25) is 0 Å². The summed E-state index contributed by atoms with van der Waals surface area (Å²) in [6.07, 6.45) is 2.89. The van der Waals surface area contributed by atoms with Crippen molar-refractivity contribution in [3.05, 3.63) is 52.2 Å². The highest BCUT2D eigenvalue weighted by Gasteiger charge is 2.04. The average Bonchev–Trinajstić information content (AvgIpc) is 2.87. The van der Waals surface area contributed by atoms with Crippen LogP contribution in [-0.4, -0.2) is 5.78 Å². The molecular weight excluding hydrogens is 242 g/mol. The lowest BCUT2D eigenvalue weighted by molar-refractivity contribution is -0.119. The number of carbonyl (C=O) groups is 1. The van der Waals surface area contributed by atoms with Crippen LogP contribution < -0.4 is 5.73 Å². The Hall–Kier alpha value is -1.61. The normalized spacial score (nSPS) is 10.4. The third-order valence-electron chi connectivity index (χ3n) is 2.92. The van der Waals surface area contributed by atoms with Crippen LogP contribution in [-0.2, 0) is 17.6 Å². The molecule has 0 unspecified atom stereocenters. The zero-order chi connectivity index (χ0) is 12.8. The number of rotatable bonds is 6. The molecule has 0 atom stereocenters. The van der Waals surface area contributed by atoms with Gasteiger partial charge in [0.1, 0.15) is 5.78 Å². The maximum Gasteiger partial charge on any atom is 0.133 e. The SMILES string of the molecule is Nc1cccc(CCC(=O)CCc2ccsc2)c1. The van der Waals surface area contributed by atoms with Gasteiger partial charge in [0.05, 0.1) is 0 Å². The Morgan fingerprint density at radius 2 is 1.89 bits per heavy atom. The van der Waals surface area contributed by atoms with Crippen LogP contribution in [0.1, 0.15) is 24.0 Å². The van der Waals surface area contributed by atoms with Gasteiger partial charge < -0.3 is 5.73 Å². The summed E-state index contributed by atoms with van der Waals surface area (Å²) < 4.78 is 0. The highest BCUT2D eigenvalue weighted by Crippen LogP contribution is 2.12. The molecule has 0 bridgehead atoms. The number of nitrogens with two attached hydrogens (primary N) is 1. The van der Waals surface area contributed by atoms with E-state index in [1.165, 1.54) is 5.56 Å². The predicted molar refractivity (Wildman–Crippen MR) is 76.8 cm³/mol. The largest absolute Gasteiger partial charge is 0.399 e. The summed E-state index contributed by atoms with van der Waals surface area (Å²) in [7, 11) is 0. The number of Topliss-reactive ketones (excluding diaryl/α,β-unsaturated/α-hetero) is 1. The fraction of sp³-hybridized carbons (Fsp3) is 0.267. The summed E-state index contributed by atoms with van der Waals surface area (Å²) >= 11 is 1.68. The van der Waals surface area contributed by atoms with Crippen LogP contribution in [0.5, 0.6) is 0 Å². The van der Waals surface area contributed by atoms with Gasteiger partial charge in [-0.15, -0.1) is 0 Å². The van der Waals surface area contributed by atoms with Crippen molar-refractivity contribution in [3.8, 4) is 0 Å². The van der Waals surface area contributed by atoms with Gasteiger partial charge in [-0.05, 0) is 52.9 Å². The van der Waals surface area contributed by atoms with Crippen molar-refractivity contribution >= 4 is 22.8 Å². The number of ketones is 1. The molecule has 3 heteroatoms. The van der Waals surface area contributed by atoms with E-state index in [-0.39, 0.29) is 0 Å². The molecule has 1 aromatic carbocycles. The van der Waals surface area contributed by atoms with Gasteiger partial charge in [-0.3, -0.25) is 4.79 Å². The van der Waals surface area contributed by atoms with E-state index in [1.54, 1.807) is 11.3 Å². The van der Waals surface area contributed by atoms with Crippen molar-refractivity contribution in [2.45, 2.75) is 25.7 Å². The molecule has 0 saturated carbocycles. The zero-order valence-electron chi connectivity index (χ0n) is 10.3. The van der Waals surface area contributed by atoms with Crippen molar-refractivity contribution in [3.63, 3.8) is 0 Å². The molecular formula is C15H17NOS. The van der Waals surface area contributed by atoms with Crippen molar-refractivity contribution in [2.75, 3.05) is 5.73 Å². The average molecular weight is 259 g/mol. The smallest absolute Gasteiger partial charge is 0.133 e. The van der Waals surface area contributed by atoms with Gasteiger partial charge in [0.25, 0.3) is 0 Å². The first-order chi connectivity index (χ1) is 8.74. The molecule has 2 rings (SSSR count). The van der Waals surface area contributed by atoms with Crippen LogP contribution in [0.3, 0.4) is 0 Å². The molecule has 0 spiro atoms. The lowest BCUT2D eigenvalue weighted by atomic mass is 10.0. The van der Waals surface area contributed by atoms with Crippen molar-refractivity contribution in [1.82, 2.24) is 0 Å². The van der Waals surface area contributed by atoms with E-state index in [2.05, 4.69) is 11.4 Å². The van der Waals surface area contributed by atoms with Crippen LogP contribution in [0, 0.1) is 0 Å². The van der Waals surface area contributed by atoms with Crippen LogP contribution in [0.2, 0.25) is 0 Å². The molecule has 0 fully saturated rings. The van der Waals surface area contributed by atoms with E-state index in [4.69, 9.17) is 5.73 Å². The van der Waals surface area contributed by atoms with E-state index in [1.807, 2.05) is 29.6 Å². The number of hydrogen-bond donors (Lipinski definition) is 1. The molecule has 1 aromatic heterocycles. The van der Waals surface area contributed by atoms with Gasteiger partial charge in [-0.1, -0.05) is 12.1 Å². The Labute approximate surface area is 111 Å². The molecule has 94 valence electrons. The highest BCUT2D eigenvalue weighted by molar-refractivity contribution is 7.07. The molecule has 0 aliphatic heterocycles. The number of carbonyl (C=O) groups excluding carboxylic acids is 1. The molecule has 2 nitrogen and oxygen atoms in total. The van der Waals surface area contributed by atoms with Gasteiger partial charge in [0, 0.05) is 18.5 Å². The second-order valence-electron chi connectivity index (χ2n) is 4.42. The third kappa shape index (κ3) is 4.00. The Morgan fingerprint density at radius 3 is 2.56 bits per heavy atom. The summed E-state index contributed by atoms with van der Waals surface area (Å²) in [5.74, 6) is 0.323. The highest BCUT2D eigenvalue weighted by atomic mass is 32.1. The lowest BCUT2D eigenvalue weighted by Crippen LogP contribution is -2.02. The number of anilines is 1. The predicted octanol–water partition coefficient (Wildman–Crippen LogP) is 3.46. The minimum atomic E-state index is 0.323. The van der Waals surface area contributed by atoms with E-state index < -0.39 is 0 Å². The monoisotopic (exact) mass is 259 g/mol. The maximum absolute atomic E-state index is 11.8. The molecule has 0 amide bonds. The van der Waals surface area contributed by atoms with E-state index >= 15 is 0 Å². The number of aryl methyl sites for hydroxylation is 2. The fourth-order valence-electron chi connectivity index (χ4n) is 1.88. The second kappa shape index (κ2) is 6.36. The molecule has 2 N–H and O–H groups in total. The number of thiophene rings is 1. The third-order valence-corrected chi connectivity index (χ3v) is 3.65. The van der Waals surface area contributed by atoms with Crippen molar-refractivity contribution in [1.29, 1.82) is 0 Å². The molecule has 0 saturated heterocycles. The Kier molecular flexibility index (Phi) is 4.53. The topological polar surface area (TPSA) is 43.1 Å². The Bertz CT molecular complexity index is 505. The molecule has 0 aliphatic rings. The minimum Gasteiger partial charge on any atom is -0.399 e. The van der Waals surface area contributed by atoms with E-state index in [0.717, 1.165) is 24.1 Å². The van der Waals surface area contributed by atoms with Crippen LogP contribution >= 0.6 is 11.3 Å². The fourth-order valence-corrected chi connectivity index (χ4v) is 2.58. The zero-order valence-corrected chi connectivity index (χ0v) is 11.1. The molecule has 0 radical (unpaired) electrons. The maximum atomic E-state index is 11.8. The van der Waals surface area contributed by atoms with E-state index in [0.29, 0.717) is 18.6 Å². The summed E-state index contributed by atoms with van der Waals surface area (Å²) in [4.78, 5) is 11.8. The quantitative estimate of drug-likeness (QED) is 0.807. The van der Waals surface area contributed by atoms with Crippen molar-refractivity contribution < 1.29 is 4.79 Å². The van der Waals surface area contributed by atoms with Crippen LogP contribution in [0.15, 0.2) is 41.1 Å². The molecule has 0 aliphatic carbocycles. The Balaban J connectivity index is 1.75. The minimum absolute atomic E-state index is 0.323. The standard InChI is InChI=1S/C15H17NOS/c16-14-3-1-2-12(10-14)4-6-15(17)7-5-13-8-9-18-11-13/h1-3,8-11H,4-7,16H2. The van der Waals surface area contributed by atoms with Crippen LogP contribution in [0.4, 0.5) is 5.69 Å². The molecule has 18 heavy (non-hydrogen) atoms. The molecule has 2 aromatic rings. The first-order valence-corrected chi connectivity index (χ1v) is 7.05. The lowest BCUT2D eigenvalue weighted by Gasteiger charge is -2.02. The number of hydrogen-bond acceptors (Lipinski definition) is 3. The van der Waals surface area contributed by atoms with Crippen LogP contribution in [0.25, 0.3) is 0 Å². The van der Waals surface area contributed by atoms with E-state index in [9.17, 15) is 4.79 Å². The first-order valence-electron chi connectivity index (χ1n) is 6.11. The molecule has 1 heterocycles. The summed E-state index contributed by atoms with van der Waals surface area (Å²) in [6.45, 7) is 0. The Morgan fingerprint density at radius 1 is 1.11 bits per heavy atom. The first kappa shape index (κ1) is 12.8. The number of benzene rings is 1. The summed E-state index contributed by atoms with van der Waals surface area (Å²) in [6, 6.07) is 9.83.